The van der Waals surface area contributed by atoms with Crippen LogP contribution in [0.1, 0.15) is 31.5 Å². The van der Waals surface area contributed by atoms with E-state index >= 15 is 0 Å². The lowest BCUT2D eigenvalue weighted by Gasteiger charge is -2.20. The van der Waals surface area contributed by atoms with Gasteiger partial charge in [0.2, 0.25) is 0 Å². The molecule has 0 aromatic carbocycles. The lowest BCUT2D eigenvalue weighted by atomic mass is 9.88. The summed E-state index contributed by atoms with van der Waals surface area (Å²) in [6.07, 6.45) is -0.218. The van der Waals surface area contributed by atoms with Crippen molar-refractivity contribution < 1.29 is 8.78 Å². The van der Waals surface area contributed by atoms with E-state index in [1.807, 2.05) is 13.8 Å². The first-order valence-electron chi connectivity index (χ1n) is 4.72. The predicted molar refractivity (Wildman–Crippen MR) is 59.4 cm³/mol. The average molecular weight is 281 g/mol. The summed E-state index contributed by atoms with van der Waals surface area (Å²) in [6, 6.07) is 0. The van der Waals surface area contributed by atoms with Gasteiger partial charge in [0.25, 0.3) is 6.43 Å². The van der Waals surface area contributed by atoms with Gasteiger partial charge in [0.15, 0.2) is 0 Å². The Labute approximate surface area is 96.8 Å². The quantitative estimate of drug-likeness (QED) is 0.774. The summed E-state index contributed by atoms with van der Waals surface area (Å²) >= 11 is 3.38. The van der Waals surface area contributed by atoms with Crippen LogP contribution in [-0.2, 0) is 13.5 Å². The fraction of sp³-hybridized carbons (Fsp3) is 0.700. The molecule has 0 atom stereocenters. The van der Waals surface area contributed by atoms with Gasteiger partial charge < -0.3 is 0 Å². The maximum atomic E-state index is 12.6. The van der Waals surface area contributed by atoms with E-state index in [2.05, 4.69) is 21.0 Å². The Hall–Kier alpha value is -0.450. The fourth-order valence-corrected chi connectivity index (χ4v) is 1.64. The van der Waals surface area contributed by atoms with Gasteiger partial charge in [-0.2, -0.15) is 5.10 Å². The first-order chi connectivity index (χ1) is 6.85. The molecule has 15 heavy (non-hydrogen) atoms. The lowest BCUT2D eigenvalue weighted by molar-refractivity contribution is 0.143. The maximum absolute atomic E-state index is 12.6. The number of aryl methyl sites for hydroxylation is 1. The topological polar surface area (TPSA) is 17.8 Å². The van der Waals surface area contributed by atoms with Crippen molar-refractivity contribution in [2.75, 3.05) is 5.33 Å². The first kappa shape index (κ1) is 12.6. The van der Waals surface area contributed by atoms with Gasteiger partial charge >= 0.3 is 0 Å². The largest absolute Gasteiger partial charge is 0.282 e. The van der Waals surface area contributed by atoms with E-state index in [1.165, 1.54) is 4.68 Å². The number of rotatable bonds is 4. The zero-order valence-electron chi connectivity index (χ0n) is 9.10. The van der Waals surface area contributed by atoms with Crippen molar-refractivity contribution in [2.45, 2.75) is 26.7 Å². The average Bonchev–Trinajstić information content (AvgIpc) is 2.46. The van der Waals surface area contributed by atoms with Gasteiger partial charge in [0.05, 0.1) is 0 Å². The minimum absolute atomic E-state index is 0.0350. The standard InChI is InChI=1S/C10H15BrF2N2/c1-10(2,6-11)4-7-5-15(3)14-8(7)9(12)13/h5,9H,4,6H2,1-3H3. The van der Waals surface area contributed by atoms with Crippen molar-refractivity contribution in [3.63, 3.8) is 0 Å². The van der Waals surface area contributed by atoms with Crippen LogP contribution in [0.2, 0.25) is 0 Å². The molecule has 0 aliphatic carbocycles. The van der Waals surface area contributed by atoms with Gasteiger partial charge in [0, 0.05) is 18.6 Å². The van der Waals surface area contributed by atoms with Gasteiger partial charge in [0.1, 0.15) is 5.69 Å². The molecule has 0 unspecified atom stereocenters. The number of aromatic nitrogens is 2. The maximum Gasteiger partial charge on any atom is 0.282 e. The smallest absolute Gasteiger partial charge is 0.275 e. The van der Waals surface area contributed by atoms with Crippen molar-refractivity contribution in [1.82, 2.24) is 9.78 Å². The van der Waals surface area contributed by atoms with Gasteiger partial charge in [-0.15, -0.1) is 0 Å². The fourth-order valence-electron chi connectivity index (χ4n) is 1.44. The second-order valence-electron chi connectivity index (χ2n) is 4.49. The first-order valence-corrected chi connectivity index (χ1v) is 5.84. The molecule has 1 aromatic rings. The molecule has 0 aliphatic rings. The molecule has 0 radical (unpaired) electrons. The van der Waals surface area contributed by atoms with Crippen molar-refractivity contribution >= 4 is 15.9 Å². The molecule has 0 N–H and O–H groups in total. The third kappa shape index (κ3) is 3.26. The molecule has 2 nitrogen and oxygen atoms in total. The van der Waals surface area contributed by atoms with Gasteiger partial charge in [-0.1, -0.05) is 29.8 Å². The van der Waals surface area contributed by atoms with Gasteiger partial charge in [-0.05, 0) is 17.4 Å². The van der Waals surface area contributed by atoms with E-state index in [0.29, 0.717) is 12.0 Å². The Balaban J connectivity index is 2.94. The third-order valence-electron chi connectivity index (χ3n) is 2.17. The number of halogens is 3. The normalized spacial score (nSPS) is 12.5. The highest BCUT2D eigenvalue weighted by Gasteiger charge is 2.24. The van der Waals surface area contributed by atoms with E-state index in [9.17, 15) is 8.78 Å². The summed E-state index contributed by atoms with van der Waals surface area (Å²) in [5.74, 6) is 0. The Kier molecular flexibility index (Phi) is 3.87. The molecule has 0 amide bonds. The van der Waals surface area contributed by atoms with E-state index in [-0.39, 0.29) is 11.1 Å². The molecular formula is C10H15BrF2N2. The summed E-state index contributed by atoms with van der Waals surface area (Å²) in [5.41, 5.74) is 0.510. The lowest BCUT2D eigenvalue weighted by Crippen LogP contribution is -2.17. The predicted octanol–water partition coefficient (Wildman–Crippen LogP) is 3.32. The van der Waals surface area contributed by atoms with Crippen LogP contribution in [-0.4, -0.2) is 15.1 Å². The summed E-state index contributed by atoms with van der Waals surface area (Å²) in [7, 11) is 1.66. The molecule has 0 saturated heterocycles. The van der Waals surface area contributed by atoms with Crippen molar-refractivity contribution in [3.05, 3.63) is 17.5 Å². The number of nitrogens with zero attached hydrogens (tertiary/aromatic N) is 2. The van der Waals surface area contributed by atoms with Gasteiger partial charge in [-0.3, -0.25) is 4.68 Å². The van der Waals surface area contributed by atoms with Crippen molar-refractivity contribution in [1.29, 1.82) is 0 Å². The van der Waals surface area contributed by atoms with Crippen LogP contribution in [0.25, 0.3) is 0 Å². The summed E-state index contributed by atoms with van der Waals surface area (Å²) in [6.45, 7) is 4.06. The molecule has 1 heterocycles. The molecule has 5 heteroatoms. The molecule has 0 saturated carbocycles. The summed E-state index contributed by atoms with van der Waals surface area (Å²) < 4.78 is 26.7. The second kappa shape index (κ2) is 4.60. The molecule has 1 aromatic heterocycles. The minimum atomic E-state index is -2.49. The highest BCUT2D eigenvalue weighted by atomic mass is 79.9. The molecule has 1 rings (SSSR count). The van der Waals surface area contributed by atoms with E-state index in [1.54, 1.807) is 13.2 Å². The zero-order chi connectivity index (χ0) is 11.6. The van der Waals surface area contributed by atoms with E-state index in [0.717, 1.165) is 5.33 Å². The Bertz CT molecular complexity index is 334. The molecule has 0 aliphatic heterocycles. The van der Waals surface area contributed by atoms with Crippen LogP contribution < -0.4 is 0 Å². The number of hydrogen-bond donors (Lipinski definition) is 0. The highest BCUT2D eigenvalue weighted by Crippen LogP contribution is 2.29. The number of hydrogen-bond acceptors (Lipinski definition) is 1. The molecule has 0 spiro atoms. The van der Waals surface area contributed by atoms with Crippen LogP contribution >= 0.6 is 15.9 Å². The minimum Gasteiger partial charge on any atom is -0.275 e. The monoisotopic (exact) mass is 280 g/mol. The third-order valence-corrected chi connectivity index (χ3v) is 3.69. The van der Waals surface area contributed by atoms with Crippen molar-refractivity contribution in [2.24, 2.45) is 12.5 Å². The van der Waals surface area contributed by atoms with Crippen LogP contribution in [0, 0.1) is 5.41 Å². The van der Waals surface area contributed by atoms with Crippen LogP contribution in [0.15, 0.2) is 6.20 Å². The van der Waals surface area contributed by atoms with Crippen molar-refractivity contribution in [3.8, 4) is 0 Å². The van der Waals surface area contributed by atoms with Crippen LogP contribution in [0.3, 0.4) is 0 Å². The zero-order valence-corrected chi connectivity index (χ0v) is 10.7. The van der Waals surface area contributed by atoms with Crippen LogP contribution in [0.5, 0.6) is 0 Å². The Morgan fingerprint density at radius 2 is 2.13 bits per heavy atom. The molecular weight excluding hydrogens is 266 g/mol. The second-order valence-corrected chi connectivity index (χ2v) is 5.05. The highest BCUT2D eigenvalue weighted by molar-refractivity contribution is 9.09. The SMILES string of the molecule is Cn1cc(CC(C)(C)CBr)c(C(F)F)n1. The van der Waals surface area contributed by atoms with E-state index in [4.69, 9.17) is 0 Å². The molecule has 0 fully saturated rings. The Morgan fingerprint density at radius 3 is 2.60 bits per heavy atom. The van der Waals surface area contributed by atoms with Crippen LogP contribution in [0.4, 0.5) is 8.78 Å². The summed E-state index contributed by atoms with van der Waals surface area (Å²) in [5, 5.41) is 4.56. The molecule has 86 valence electrons. The Morgan fingerprint density at radius 1 is 1.53 bits per heavy atom. The van der Waals surface area contributed by atoms with Gasteiger partial charge in [-0.25, -0.2) is 8.78 Å². The summed E-state index contributed by atoms with van der Waals surface area (Å²) in [4.78, 5) is 0. The molecule has 0 bridgehead atoms. The van der Waals surface area contributed by atoms with E-state index < -0.39 is 6.43 Å². The number of alkyl halides is 3.